The number of anilines is 2. The van der Waals surface area contributed by atoms with E-state index in [-0.39, 0.29) is 0 Å². The highest BCUT2D eigenvalue weighted by Crippen LogP contribution is 2.37. The molecule has 3 rings (SSSR count). The molecule has 1 aliphatic heterocycles. The van der Waals surface area contributed by atoms with Crippen molar-refractivity contribution in [3.8, 4) is 11.1 Å². The number of carboxylic acid groups (broad SMARTS) is 1. The van der Waals surface area contributed by atoms with Crippen LogP contribution in [0.15, 0.2) is 48.5 Å². The minimum absolute atomic E-state index is 0.607. The fraction of sp³-hybridized carbons (Fsp3) is 0.235. The average molecular weight is 298 g/mol. The van der Waals surface area contributed by atoms with Gasteiger partial charge in [-0.05, 0) is 11.6 Å². The summed E-state index contributed by atoms with van der Waals surface area (Å²) in [4.78, 5) is 13.3. The van der Waals surface area contributed by atoms with Gasteiger partial charge in [-0.25, -0.2) is 4.79 Å². The lowest BCUT2D eigenvalue weighted by Gasteiger charge is -2.32. The number of amides is 1. The minimum Gasteiger partial charge on any atom is -0.465 e. The summed E-state index contributed by atoms with van der Waals surface area (Å²) in [5.74, 6) is 0. The molecule has 0 radical (unpaired) electrons. The first kappa shape index (κ1) is 14.4. The largest absolute Gasteiger partial charge is 0.465 e. The van der Waals surface area contributed by atoms with Gasteiger partial charge in [0.25, 0.3) is 0 Å². The highest BCUT2D eigenvalue weighted by Gasteiger charge is 2.20. The summed E-state index contributed by atoms with van der Waals surface area (Å²) in [6.45, 7) is 2.79. The molecule has 0 aromatic heterocycles. The van der Waals surface area contributed by atoms with Crippen LogP contribution >= 0.6 is 0 Å². The Labute approximate surface area is 129 Å². The van der Waals surface area contributed by atoms with Gasteiger partial charge in [-0.15, -0.1) is 0 Å². The predicted octanol–water partition coefficient (Wildman–Crippen LogP) is 3.28. The zero-order valence-electron chi connectivity index (χ0n) is 12.2. The third kappa shape index (κ3) is 3.04. The molecule has 5 nitrogen and oxygen atoms in total. The quantitative estimate of drug-likeness (QED) is 0.913. The molecule has 22 heavy (non-hydrogen) atoms. The van der Waals surface area contributed by atoms with E-state index in [1.54, 1.807) is 6.07 Å². The minimum atomic E-state index is -1.06. The van der Waals surface area contributed by atoms with Crippen molar-refractivity contribution in [2.24, 2.45) is 0 Å². The van der Waals surface area contributed by atoms with Crippen LogP contribution in [0.2, 0.25) is 0 Å². The van der Waals surface area contributed by atoms with Gasteiger partial charge in [-0.3, -0.25) is 5.32 Å². The monoisotopic (exact) mass is 298 g/mol. The van der Waals surface area contributed by atoms with Gasteiger partial charge in [0.1, 0.15) is 0 Å². The highest BCUT2D eigenvalue weighted by molar-refractivity contribution is 5.95. The molecule has 2 aromatic carbocycles. The third-order valence-electron chi connectivity index (χ3n) is 3.69. The number of carbonyl (C=O) groups is 1. The van der Waals surface area contributed by atoms with Gasteiger partial charge in [0.15, 0.2) is 0 Å². The van der Waals surface area contributed by atoms with Crippen LogP contribution in [0.5, 0.6) is 0 Å². The number of ether oxygens (including phenoxy) is 1. The number of nitrogens with one attached hydrogen (secondary N) is 1. The van der Waals surface area contributed by atoms with Crippen molar-refractivity contribution in [3.63, 3.8) is 0 Å². The molecule has 0 saturated carbocycles. The lowest BCUT2D eigenvalue weighted by atomic mass is 10.0. The second-order valence-corrected chi connectivity index (χ2v) is 5.10. The molecule has 0 unspecified atom stereocenters. The molecule has 0 atom stereocenters. The summed E-state index contributed by atoms with van der Waals surface area (Å²) in [7, 11) is 0. The molecule has 5 heteroatoms. The van der Waals surface area contributed by atoms with E-state index in [0.29, 0.717) is 18.9 Å². The summed E-state index contributed by atoms with van der Waals surface area (Å²) in [6.07, 6.45) is -1.06. The Morgan fingerprint density at radius 1 is 1.05 bits per heavy atom. The fourth-order valence-corrected chi connectivity index (χ4v) is 2.74. The normalized spacial score (nSPS) is 14.6. The van der Waals surface area contributed by atoms with E-state index in [0.717, 1.165) is 29.9 Å². The summed E-state index contributed by atoms with van der Waals surface area (Å²) < 4.78 is 5.41. The maximum atomic E-state index is 11.1. The van der Waals surface area contributed by atoms with Crippen LogP contribution in [-0.2, 0) is 4.74 Å². The first-order valence-electron chi connectivity index (χ1n) is 7.27. The third-order valence-corrected chi connectivity index (χ3v) is 3.69. The molecule has 0 aliphatic carbocycles. The summed E-state index contributed by atoms with van der Waals surface area (Å²) in [5, 5.41) is 11.6. The molecule has 0 spiro atoms. The Hall–Kier alpha value is -2.53. The molecule has 1 heterocycles. The molecule has 1 saturated heterocycles. The highest BCUT2D eigenvalue weighted by atomic mass is 16.5. The summed E-state index contributed by atoms with van der Waals surface area (Å²) >= 11 is 0. The number of nitrogens with zero attached hydrogens (tertiary/aromatic N) is 1. The van der Waals surface area contributed by atoms with E-state index >= 15 is 0 Å². The van der Waals surface area contributed by atoms with Crippen LogP contribution < -0.4 is 10.2 Å². The molecular weight excluding hydrogens is 280 g/mol. The van der Waals surface area contributed by atoms with Crippen LogP contribution in [0, 0.1) is 0 Å². The SMILES string of the molecule is O=C(O)Nc1cccc(-c2ccccc2)c1N1CCOCC1. The van der Waals surface area contributed by atoms with Crippen LogP contribution in [0.4, 0.5) is 16.2 Å². The zero-order valence-corrected chi connectivity index (χ0v) is 12.2. The van der Waals surface area contributed by atoms with Crippen molar-refractivity contribution in [2.45, 2.75) is 0 Å². The van der Waals surface area contributed by atoms with E-state index in [1.807, 2.05) is 42.5 Å². The zero-order chi connectivity index (χ0) is 15.4. The predicted molar refractivity (Wildman–Crippen MR) is 86.6 cm³/mol. The van der Waals surface area contributed by atoms with Gasteiger partial charge >= 0.3 is 6.09 Å². The fourth-order valence-electron chi connectivity index (χ4n) is 2.74. The van der Waals surface area contributed by atoms with Gasteiger partial charge in [0.2, 0.25) is 0 Å². The molecule has 1 amide bonds. The molecule has 1 aliphatic rings. The van der Waals surface area contributed by atoms with E-state index in [4.69, 9.17) is 9.84 Å². The second kappa shape index (κ2) is 6.49. The summed E-state index contributed by atoms with van der Waals surface area (Å²) in [6, 6.07) is 15.7. The van der Waals surface area contributed by atoms with Gasteiger partial charge in [-0.1, -0.05) is 42.5 Å². The number of hydrogen-bond acceptors (Lipinski definition) is 3. The number of benzene rings is 2. The average Bonchev–Trinajstić information content (AvgIpc) is 2.56. The van der Waals surface area contributed by atoms with Crippen LogP contribution in [0.3, 0.4) is 0 Å². The molecule has 0 bridgehead atoms. The Bertz CT molecular complexity index is 652. The molecule has 1 fully saturated rings. The van der Waals surface area contributed by atoms with E-state index < -0.39 is 6.09 Å². The number of morpholine rings is 1. The van der Waals surface area contributed by atoms with Crippen molar-refractivity contribution in [2.75, 3.05) is 36.5 Å². The Balaban J connectivity index is 2.10. The molecule has 2 N–H and O–H groups in total. The smallest absolute Gasteiger partial charge is 0.409 e. The van der Waals surface area contributed by atoms with Crippen molar-refractivity contribution in [1.82, 2.24) is 0 Å². The topological polar surface area (TPSA) is 61.8 Å². The first-order valence-corrected chi connectivity index (χ1v) is 7.27. The number of para-hydroxylation sites is 1. The Morgan fingerprint density at radius 2 is 1.77 bits per heavy atom. The number of hydrogen-bond donors (Lipinski definition) is 2. The maximum Gasteiger partial charge on any atom is 0.409 e. The van der Waals surface area contributed by atoms with Crippen molar-refractivity contribution in [3.05, 3.63) is 48.5 Å². The van der Waals surface area contributed by atoms with E-state index in [2.05, 4.69) is 10.2 Å². The van der Waals surface area contributed by atoms with E-state index in [9.17, 15) is 4.79 Å². The Kier molecular flexibility index (Phi) is 4.25. The second-order valence-electron chi connectivity index (χ2n) is 5.10. The van der Waals surface area contributed by atoms with Crippen molar-refractivity contribution >= 4 is 17.5 Å². The molecule has 2 aromatic rings. The molecular formula is C17H18N2O3. The Morgan fingerprint density at radius 3 is 2.45 bits per heavy atom. The maximum absolute atomic E-state index is 11.1. The lowest BCUT2D eigenvalue weighted by molar-refractivity contribution is 0.123. The van der Waals surface area contributed by atoms with Gasteiger partial charge in [0, 0.05) is 18.7 Å². The standard InChI is InChI=1S/C17H18N2O3/c20-17(21)18-15-8-4-7-14(13-5-2-1-3-6-13)16(15)19-9-11-22-12-10-19/h1-8,18H,9-12H2,(H,20,21). The van der Waals surface area contributed by atoms with Gasteiger partial charge in [-0.2, -0.15) is 0 Å². The first-order chi connectivity index (χ1) is 10.8. The lowest BCUT2D eigenvalue weighted by Crippen LogP contribution is -2.37. The van der Waals surface area contributed by atoms with Crippen molar-refractivity contribution < 1.29 is 14.6 Å². The summed E-state index contributed by atoms with van der Waals surface area (Å²) in [5.41, 5.74) is 3.61. The van der Waals surface area contributed by atoms with Crippen LogP contribution in [0.25, 0.3) is 11.1 Å². The van der Waals surface area contributed by atoms with E-state index in [1.165, 1.54) is 0 Å². The van der Waals surface area contributed by atoms with Crippen LogP contribution in [0.1, 0.15) is 0 Å². The van der Waals surface area contributed by atoms with Gasteiger partial charge in [0.05, 0.1) is 24.6 Å². The number of rotatable bonds is 3. The van der Waals surface area contributed by atoms with Crippen LogP contribution in [-0.4, -0.2) is 37.5 Å². The van der Waals surface area contributed by atoms with Crippen molar-refractivity contribution in [1.29, 1.82) is 0 Å². The van der Waals surface area contributed by atoms with Gasteiger partial charge < -0.3 is 14.7 Å². The molecule has 114 valence electrons.